The molecule has 22 heavy (non-hydrogen) atoms. The van der Waals surface area contributed by atoms with Gasteiger partial charge in [0.25, 0.3) is 5.56 Å². The first-order valence-electron chi connectivity index (χ1n) is 6.44. The molecule has 3 rings (SSSR count). The third-order valence-electron chi connectivity index (χ3n) is 3.40. The van der Waals surface area contributed by atoms with Crippen LogP contribution in [0.5, 0.6) is 0 Å². The van der Waals surface area contributed by atoms with Gasteiger partial charge in [-0.3, -0.25) is 9.36 Å². The summed E-state index contributed by atoms with van der Waals surface area (Å²) >= 11 is 7.29. The number of carboxylic acids is 1. The van der Waals surface area contributed by atoms with Gasteiger partial charge < -0.3 is 5.11 Å². The molecule has 0 spiro atoms. The summed E-state index contributed by atoms with van der Waals surface area (Å²) in [6, 6.07) is 7.21. The molecule has 112 valence electrons. The first-order chi connectivity index (χ1) is 10.5. The van der Waals surface area contributed by atoms with Gasteiger partial charge in [-0.25, -0.2) is 9.78 Å². The number of nitrogens with zero attached hydrogens (tertiary/aromatic N) is 2. The van der Waals surface area contributed by atoms with Crippen molar-refractivity contribution in [1.29, 1.82) is 0 Å². The van der Waals surface area contributed by atoms with Gasteiger partial charge in [0, 0.05) is 10.4 Å². The minimum Gasteiger partial charge on any atom is -0.478 e. The number of carboxylic acid groups (broad SMARTS) is 1. The average Bonchev–Trinajstić information content (AvgIpc) is 2.89. The molecular formula is C15H11ClN2O3S. The maximum Gasteiger partial charge on any atom is 0.337 e. The van der Waals surface area contributed by atoms with Crippen LogP contribution < -0.4 is 5.56 Å². The summed E-state index contributed by atoms with van der Waals surface area (Å²) < 4.78 is 1.45. The number of rotatable bonds is 3. The topological polar surface area (TPSA) is 72.2 Å². The van der Waals surface area contributed by atoms with E-state index in [9.17, 15) is 14.7 Å². The Morgan fingerprint density at radius 1 is 1.41 bits per heavy atom. The molecule has 0 aliphatic rings. The third kappa shape index (κ3) is 2.40. The number of fused-ring (bicyclic) bond motifs is 1. The van der Waals surface area contributed by atoms with Crippen LogP contribution in [0.3, 0.4) is 0 Å². The Hall–Kier alpha value is -2.18. The highest BCUT2D eigenvalue weighted by molar-refractivity contribution is 7.17. The van der Waals surface area contributed by atoms with Gasteiger partial charge in [-0.1, -0.05) is 29.8 Å². The highest BCUT2D eigenvalue weighted by Gasteiger charge is 2.18. The SMILES string of the molecule is Cc1nc2scc(C(=O)O)c2c(=O)n1Cc1ccccc1Cl. The monoisotopic (exact) mass is 334 g/mol. The molecular weight excluding hydrogens is 324 g/mol. The van der Waals surface area contributed by atoms with Crippen LogP contribution in [0.2, 0.25) is 5.02 Å². The number of hydrogen-bond acceptors (Lipinski definition) is 4. The van der Waals surface area contributed by atoms with Gasteiger partial charge in [0.2, 0.25) is 0 Å². The summed E-state index contributed by atoms with van der Waals surface area (Å²) in [4.78, 5) is 28.7. The van der Waals surface area contributed by atoms with Crippen molar-refractivity contribution in [1.82, 2.24) is 9.55 Å². The number of aryl methyl sites for hydroxylation is 1. The van der Waals surface area contributed by atoms with Crippen LogP contribution in [0.4, 0.5) is 0 Å². The minimum atomic E-state index is -1.13. The normalized spacial score (nSPS) is 11.0. The van der Waals surface area contributed by atoms with E-state index in [0.29, 0.717) is 15.7 Å². The Bertz CT molecular complexity index is 946. The molecule has 0 unspecified atom stereocenters. The van der Waals surface area contributed by atoms with Crippen molar-refractivity contribution >= 4 is 39.1 Å². The van der Waals surface area contributed by atoms with Crippen molar-refractivity contribution in [3.8, 4) is 0 Å². The molecule has 0 radical (unpaired) electrons. The van der Waals surface area contributed by atoms with E-state index in [1.165, 1.54) is 9.95 Å². The second-order valence-corrected chi connectivity index (χ2v) is 6.04. The summed E-state index contributed by atoms with van der Waals surface area (Å²) in [5, 5.41) is 11.3. The fourth-order valence-electron chi connectivity index (χ4n) is 2.27. The second-order valence-electron chi connectivity index (χ2n) is 4.78. The molecule has 5 nitrogen and oxygen atoms in total. The highest BCUT2D eigenvalue weighted by atomic mass is 35.5. The summed E-state index contributed by atoms with van der Waals surface area (Å²) in [6.07, 6.45) is 0. The summed E-state index contributed by atoms with van der Waals surface area (Å²) in [6.45, 7) is 1.97. The van der Waals surface area contributed by atoms with Gasteiger partial charge >= 0.3 is 5.97 Å². The molecule has 0 saturated heterocycles. The lowest BCUT2D eigenvalue weighted by molar-refractivity contribution is 0.0699. The molecule has 0 saturated carbocycles. The predicted molar refractivity (Wildman–Crippen MR) is 86.1 cm³/mol. The molecule has 2 heterocycles. The average molecular weight is 335 g/mol. The zero-order chi connectivity index (χ0) is 15.9. The molecule has 1 aromatic carbocycles. The molecule has 0 bridgehead atoms. The second kappa shape index (κ2) is 5.55. The predicted octanol–water partition coefficient (Wildman–Crippen LogP) is 3.17. The first-order valence-corrected chi connectivity index (χ1v) is 7.70. The van der Waals surface area contributed by atoms with Crippen LogP contribution >= 0.6 is 22.9 Å². The Balaban J connectivity index is 2.22. The van der Waals surface area contributed by atoms with Gasteiger partial charge in [0.1, 0.15) is 10.7 Å². The van der Waals surface area contributed by atoms with E-state index in [2.05, 4.69) is 4.98 Å². The summed E-state index contributed by atoms with van der Waals surface area (Å²) in [5.74, 6) is -0.602. The Labute approximate surface area is 134 Å². The lowest BCUT2D eigenvalue weighted by atomic mass is 10.2. The summed E-state index contributed by atoms with van der Waals surface area (Å²) in [7, 11) is 0. The molecule has 0 aliphatic carbocycles. The summed E-state index contributed by atoms with van der Waals surface area (Å²) in [5.41, 5.74) is 0.411. The number of aromatic nitrogens is 2. The van der Waals surface area contributed by atoms with Crippen LogP contribution in [0.25, 0.3) is 10.2 Å². The molecule has 1 N–H and O–H groups in total. The van der Waals surface area contributed by atoms with Gasteiger partial charge in [0.15, 0.2) is 0 Å². The fraction of sp³-hybridized carbons (Fsp3) is 0.133. The Kier molecular flexibility index (Phi) is 3.72. The zero-order valence-corrected chi connectivity index (χ0v) is 13.1. The number of carbonyl (C=O) groups is 1. The quantitative estimate of drug-likeness (QED) is 0.798. The number of hydrogen-bond donors (Lipinski definition) is 1. The van der Waals surface area contributed by atoms with Crippen LogP contribution in [0, 0.1) is 6.92 Å². The minimum absolute atomic E-state index is 0.00888. The van der Waals surface area contributed by atoms with Crippen LogP contribution in [-0.2, 0) is 6.54 Å². The molecule has 7 heteroatoms. The molecule has 0 aliphatic heterocycles. The fourth-order valence-corrected chi connectivity index (χ4v) is 3.41. The van der Waals surface area contributed by atoms with E-state index in [1.807, 2.05) is 18.2 Å². The molecule has 0 fully saturated rings. The molecule has 3 aromatic rings. The van der Waals surface area contributed by atoms with Crippen molar-refractivity contribution in [2.75, 3.05) is 0 Å². The van der Waals surface area contributed by atoms with E-state index in [4.69, 9.17) is 11.6 Å². The standard InChI is InChI=1S/C15H11ClN2O3S/c1-8-17-13-12(10(7-22-13)15(20)21)14(19)18(8)6-9-4-2-3-5-11(9)16/h2-5,7H,6H2,1H3,(H,20,21). The van der Waals surface area contributed by atoms with E-state index >= 15 is 0 Å². The highest BCUT2D eigenvalue weighted by Crippen LogP contribution is 2.22. The lowest BCUT2D eigenvalue weighted by Gasteiger charge is -2.11. The van der Waals surface area contributed by atoms with Crippen LogP contribution in [0.15, 0.2) is 34.4 Å². The van der Waals surface area contributed by atoms with E-state index in [1.54, 1.807) is 13.0 Å². The first kappa shape index (κ1) is 14.7. The van der Waals surface area contributed by atoms with Crippen molar-refractivity contribution in [3.63, 3.8) is 0 Å². The lowest BCUT2D eigenvalue weighted by Crippen LogP contribution is -2.25. The Morgan fingerprint density at radius 2 is 2.14 bits per heavy atom. The van der Waals surface area contributed by atoms with Crippen molar-refractivity contribution in [3.05, 3.63) is 62.0 Å². The van der Waals surface area contributed by atoms with Crippen molar-refractivity contribution < 1.29 is 9.90 Å². The molecule has 2 aromatic heterocycles. The smallest absolute Gasteiger partial charge is 0.337 e. The van der Waals surface area contributed by atoms with Gasteiger partial charge in [-0.05, 0) is 18.6 Å². The number of halogens is 1. The van der Waals surface area contributed by atoms with Gasteiger partial charge in [-0.15, -0.1) is 11.3 Å². The number of aromatic carboxylic acids is 1. The van der Waals surface area contributed by atoms with Gasteiger partial charge in [0.05, 0.1) is 17.5 Å². The zero-order valence-electron chi connectivity index (χ0n) is 11.5. The third-order valence-corrected chi connectivity index (χ3v) is 4.64. The van der Waals surface area contributed by atoms with Crippen LogP contribution in [-0.4, -0.2) is 20.6 Å². The number of benzene rings is 1. The van der Waals surface area contributed by atoms with Crippen molar-refractivity contribution in [2.24, 2.45) is 0 Å². The van der Waals surface area contributed by atoms with E-state index < -0.39 is 5.97 Å². The van der Waals surface area contributed by atoms with E-state index in [0.717, 1.165) is 16.9 Å². The number of thiophene rings is 1. The van der Waals surface area contributed by atoms with Crippen LogP contribution in [0.1, 0.15) is 21.7 Å². The molecule has 0 amide bonds. The Morgan fingerprint density at radius 3 is 2.82 bits per heavy atom. The maximum atomic E-state index is 12.7. The van der Waals surface area contributed by atoms with Gasteiger partial charge in [-0.2, -0.15) is 0 Å². The maximum absolute atomic E-state index is 12.7. The molecule has 0 atom stereocenters. The largest absolute Gasteiger partial charge is 0.478 e. The van der Waals surface area contributed by atoms with Crippen molar-refractivity contribution in [2.45, 2.75) is 13.5 Å². The van der Waals surface area contributed by atoms with E-state index in [-0.39, 0.29) is 23.1 Å².